The van der Waals surface area contributed by atoms with E-state index in [1.165, 1.54) is 23.1 Å². The second-order valence-electron chi connectivity index (χ2n) is 6.47. The quantitative estimate of drug-likeness (QED) is 0.934. The Morgan fingerprint density at radius 3 is 2.50 bits per heavy atom. The van der Waals surface area contributed by atoms with Gasteiger partial charge in [0.1, 0.15) is 0 Å². The zero-order valence-corrected chi connectivity index (χ0v) is 13.4. The summed E-state index contributed by atoms with van der Waals surface area (Å²) in [6.07, 6.45) is 1.21. The van der Waals surface area contributed by atoms with E-state index in [0.29, 0.717) is 11.8 Å². The number of nitrogens with zero attached hydrogens (tertiary/aromatic N) is 1. The van der Waals surface area contributed by atoms with E-state index >= 15 is 0 Å². The van der Waals surface area contributed by atoms with Crippen LogP contribution in [0, 0.1) is 12.8 Å². The number of hydrogen-bond donors (Lipinski definition) is 1. The van der Waals surface area contributed by atoms with Gasteiger partial charge in [0.15, 0.2) is 0 Å². The van der Waals surface area contributed by atoms with Gasteiger partial charge in [0.25, 0.3) is 0 Å². The molecule has 3 rings (SSSR count). The van der Waals surface area contributed by atoms with Crippen LogP contribution in [0.4, 0.5) is 0 Å². The van der Waals surface area contributed by atoms with Crippen molar-refractivity contribution in [3.05, 3.63) is 71.3 Å². The molecule has 2 nitrogen and oxygen atoms in total. The first-order valence-corrected chi connectivity index (χ1v) is 8.30. The van der Waals surface area contributed by atoms with E-state index in [4.69, 9.17) is 5.73 Å². The van der Waals surface area contributed by atoms with Gasteiger partial charge in [-0.2, -0.15) is 0 Å². The molecule has 1 heterocycles. The third kappa shape index (κ3) is 3.40. The molecule has 116 valence electrons. The van der Waals surface area contributed by atoms with Gasteiger partial charge in [0, 0.05) is 13.1 Å². The van der Waals surface area contributed by atoms with E-state index in [9.17, 15) is 0 Å². The van der Waals surface area contributed by atoms with Crippen LogP contribution in [0.25, 0.3) is 0 Å². The maximum Gasteiger partial charge on any atom is 0.0233 e. The van der Waals surface area contributed by atoms with E-state index in [1.54, 1.807) is 0 Å². The second kappa shape index (κ2) is 7.08. The molecule has 0 radical (unpaired) electrons. The van der Waals surface area contributed by atoms with Gasteiger partial charge in [-0.25, -0.2) is 0 Å². The zero-order valence-electron chi connectivity index (χ0n) is 13.4. The highest BCUT2D eigenvalue weighted by atomic mass is 15.1. The summed E-state index contributed by atoms with van der Waals surface area (Å²) in [4.78, 5) is 2.56. The molecule has 0 spiro atoms. The van der Waals surface area contributed by atoms with E-state index in [2.05, 4.69) is 66.4 Å². The van der Waals surface area contributed by atoms with E-state index in [1.807, 2.05) is 0 Å². The lowest BCUT2D eigenvalue weighted by Crippen LogP contribution is -2.42. The molecule has 0 aromatic heterocycles. The summed E-state index contributed by atoms with van der Waals surface area (Å²) < 4.78 is 0. The van der Waals surface area contributed by atoms with Crippen LogP contribution in [0.5, 0.6) is 0 Å². The highest BCUT2D eigenvalue weighted by Crippen LogP contribution is 2.34. The summed E-state index contributed by atoms with van der Waals surface area (Å²) in [6, 6.07) is 19.5. The molecule has 0 unspecified atom stereocenters. The molecule has 0 bridgehead atoms. The third-order valence-electron chi connectivity index (χ3n) is 4.96. The largest absolute Gasteiger partial charge is 0.330 e. The van der Waals surface area contributed by atoms with Crippen molar-refractivity contribution in [3.63, 3.8) is 0 Å². The van der Waals surface area contributed by atoms with Gasteiger partial charge in [-0.15, -0.1) is 0 Å². The number of likely N-dealkylation sites (tertiary alicyclic amines) is 1. The smallest absolute Gasteiger partial charge is 0.0233 e. The van der Waals surface area contributed by atoms with Gasteiger partial charge in [-0.1, -0.05) is 54.6 Å². The summed E-state index contributed by atoms with van der Waals surface area (Å²) >= 11 is 0. The topological polar surface area (TPSA) is 29.3 Å². The van der Waals surface area contributed by atoms with Gasteiger partial charge < -0.3 is 5.73 Å². The standard InChI is InChI=1S/C20H26N2/c1-16-7-5-6-10-19(16)20-11-12-22(15-18(20)13-21)14-17-8-3-2-4-9-17/h2-10,18,20H,11-15,21H2,1H3/t18-,20-/m0/s1. The van der Waals surface area contributed by atoms with Gasteiger partial charge in [-0.3, -0.25) is 4.90 Å². The molecule has 1 saturated heterocycles. The minimum absolute atomic E-state index is 0.554. The lowest BCUT2D eigenvalue weighted by atomic mass is 9.79. The fourth-order valence-corrected chi connectivity index (χ4v) is 3.74. The molecule has 2 aromatic carbocycles. The van der Waals surface area contributed by atoms with Crippen LogP contribution in [-0.4, -0.2) is 24.5 Å². The minimum Gasteiger partial charge on any atom is -0.330 e. The first-order valence-electron chi connectivity index (χ1n) is 8.30. The summed E-state index contributed by atoms with van der Waals surface area (Å²) in [6.45, 7) is 6.29. The SMILES string of the molecule is Cc1ccccc1[C@H]1CCN(Cc2ccccc2)C[C@@H]1CN. The van der Waals surface area contributed by atoms with Crippen molar-refractivity contribution in [2.45, 2.75) is 25.8 Å². The van der Waals surface area contributed by atoms with E-state index < -0.39 is 0 Å². The summed E-state index contributed by atoms with van der Waals surface area (Å²) in [5, 5.41) is 0. The highest BCUT2D eigenvalue weighted by Gasteiger charge is 2.30. The lowest BCUT2D eigenvalue weighted by molar-refractivity contribution is 0.150. The minimum atomic E-state index is 0.554. The third-order valence-corrected chi connectivity index (χ3v) is 4.96. The maximum absolute atomic E-state index is 6.11. The fraction of sp³-hybridized carbons (Fsp3) is 0.400. The molecular weight excluding hydrogens is 268 g/mol. The summed E-state index contributed by atoms with van der Waals surface area (Å²) in [5.41, 5.74) is 10.4. The van der Waals surface area contributed by atoms with E-state index in [0.717, 1.165) is 26.2 Å². The highest BCUT2D eigenvalue weighted by molar-refractivity contribution is 5.30. The van der Waals surface area contributed by atoms with Gasteiger partial charge in [0.05, 0.1) is 0 Å². The van der Waals surface area contributed by atoms with Crippen LogP contribution in [0.2, 0.25) is 0 Å². The predicted octanol–water partition coefficient (Wildman–Crippen LogP) is 3.56. The Bertz CT molecular complexity index is 594. The molecule has 0 saturated carbocycles. The van der Waals surface area contributed by atoms with Gasteiger partial charge >= 0.3 is 0 Å². The number of rotatable bonds is 4. The lowest BCUT2D eigenvalue weighted by Gasteiger charge is -2.39. The molecule has 2 N–H and O–H groups in total. The molecule has 0 amide bonds. The second-order valence-corrected chi connectivity index (χ2v) is 6.47. The maximum atomic E-state index is 6.11. The Kier molecular flexibility index (Phi) is 4.91. The van der Waals surface area contributed by atoms with E-state index in [-0.39, 0.29) is 0 Å². The van der Waals surface area contributed by atoms with Crippen molar-refractivity contribution in [3.8, 4) is 0 Å². The molecule has 22 heavy (non-hydrogen) atoms. The van der Waals surface area contributed by atoms with Crippen LogP contribution in [0.1, 0.15) is 29.0 Å². The van der Waals surface area contributed by atoms with Crippen LogP contribution >= 0.6 is 0 Å². The average Bonchev–Trinajstić information content (AvgIpc) is 2.56. The normalized spacial score (nSPS) is 22.6. The number of aryl methyl sites for hydroxylation is 1. The van der Waals surface area contributed by atoms with Gasteiger partial charge in [-0.05, 0) is 55.0 Å². The number of hydrogen-bond acceptors (Lipinski definition) is 2. The van der Waals surface area contributed by atoms with Crippen LogP contribution in [0.3, 0.4) is 0 Å². The fourth-order valence-electron chi connectivity index (χ4n) is 3.74. The van der Waals surface area contributed by atoms with Crippen LogP contribution in [0.15, 0.2) is 54.6 Å². The number of piperidine rings is 1. The first kappa shape index (κ1) is 15.3. The first-order chi connectivity index (χ1) is 10.8. The zero-order chi connectivity index (χ0) is 15.4. The number of benzene rings is 2. The van der Waals surface area contributed by atoms with Crippen LogP contribution in [-0.2, 0) is 6.54 Å². The summed E-state index contributed by atoms with van der Waals surface area (Å²) in [5.74, 6) is 1.16. The Labute approximate surface area is 134 Å². The predicted molar refractivity (Wildman–Crippen MR) is 92.8 cm³/mol. The van der Waals surface area contributed by atoms with Crippen molar-refractivity contribution in [2.75, 3.05) is 19.6 Å². The molecule has 2 atom stereocenters. The Hall–Kier alpha value is -1.64. The molecule has 1 fully saturated rings. The molecule has 2 aromatic rings. The van der Waals surface area contributed by atoms with Gasteiger partial charge in [0.2, 0.25) is 0 Å². The Balaban J connectivity index is 1.70. The molecular formula is C20H26N2. The Morgan fingerprint density at radius 1 is 1.05 bits per heavy atom. The Morgan fingerprint density at radius 2 is 1.77 bits per heavy atom. The van der Waals surface area contributed by atoms with Crippen molar-refractivity contribution in [1.82, 2.24) is 4.90 Å². The molecule has 1 aliphatic heterocycles. The molecule has 0 aliphatic carbocycles. The van der Waals surface area contributed by atoms with Crippen molar-refractivity contribution >= 4 is 0 Å². The van der Waals surface area contributed by atoms with Crippen LogP contribution < -0.4 is 5.73 Å². The summed E-state index contributed by atoms with van der Waals surface area (Å²) in [7, 11) is 0. The van der Waals surface area contributed by atoms with Crippen molar-refractivity contribution < 1.29 is 0 Å². The van der Waals surface area contributed by atoms with Crippen molar-refractivity contribution in [2.24, 2.45) is 11.7 Å². The average molecular weight is 294 g/mol. The monoisotopic (exact) mass is 294 g/mol. The van der Waals surface area contributed by atoms with Crippen molar-refractivity contribution in [1.29, 1.82) is 0 Å². The molecule has 2 heteroatoms. The number of nitrogens with two attached hydrogens (primary N) is 1. The molecule has 1 aliphatic rings.